The number of rotatable bonds is 2. The molecule has 1 amide bonds. The molecular formula is C15H12ClN3O3. The smallest absolute Gasteiger partial charge is 0.288 e. The van der Waals surface area contributed by atoms with Crippen molar-refractivity contribution in [1.82, 2.24) is 5.32 Å². The van der Waals surface area contributed by atoms with Gasteiger partial charge in [0.15, 0.2) is 0 Å². The lowest BCUT2D eigenvalue weighted by Gasteiger charge is -2.29. The van der Waals surface area contributed by atoms with Crippen LogP contribution in [0.5, 0.6) is 0 Å². The molecule has 3 rings (SSSR count). The van der Waals surface area contributed by atoms with Gasteiger partial charge < -0.3 is 10.6 Å². The molecule has 0 bridgehead atoms. The molecule has 1 heterocycles. The maximum atomic E-state index is 12.2. The van der Waals surface area contributed by atoms with E-state index in [-0.39, 0.29) is 16.6 Å². The van der Waals surface area contributed by atoms with E-state index in [1.807, 2.05) is 19.1 Å². The van der Waals surface area contributed by atoms with Crippen molar-refractivity contribution in [3.8, 4) is 0 Å². The number of hydrogen-bond acceptors (Lipinski definition) is 4. The summed E-state index contributed by atoms with van der Waals surface area (Å²) in [6.07, 6.45) is -0.544. The number of para-hydroxylation sites is 1. The molecule has 0 saturated carbocycles. The molecule has 6 nitrogen and oxygen atoms in total. The zero-order valence-electron chi connectivity index (χ0n) is 11.6. The molecule has 0 aromatic heterocycles. The number of halogens is 1. The van der Waals surface area contributed by atoms with Crippen LogP contribution >= 0.6 is 11.6 Å². The number of anilines is 1. The Bertz CT molecular complexity index is 792. The van der Waals surface area contributed by atoms with Crippen LogP contribution in [0.3, 0.4) is 0 Å². The van der Waals surface area contributed by atoms with Crippen LogP contribution in [0.4, 0.5) is 11.4 Å². The van der Waals surface area contributed by atoms with E-state index in [0.717, 1.165) is 11.3 Å². The fourth-order valence-electron chi connectivity index (χ4n) is 2.45. The highest BCUT2D eigenvalue weighted by atomic mass is 35.5. The van der Waals surface area contributed by atoms with Gasteiger partial charge in [0.25, 0.3) is 11.6 Å². The summed E-state index contributed by atoms with van der Waals surface area (Å²) in [4.78, 5) is 22.6. The summed E-state index contributed by atoms with van der Waals surface area (Å²) in [5.41, 5.74) is 2.60. The van der Waals surface area contributed by atoms with Crippen LogP contribution in [-0.2, 0) is 0 Å². The minimum atomic E-state index is -0.546. The number of nitrogens with zero attached hydrogens (tertiary/aromatic N) is 1. The third-order valence-electron chi connectivity index (χ3n) is 3.58. The Morgan fingerprint density at radius 2 is 2.00 bits per heavy atom. The molecule has 2 N–H and O–H groups in total. The first kappa shape index (κ1) is 14.3. The number of nitrogens with one attached hydrogen (secondary N) is 2. The van der Waals surface area contributed by atoms with E-state index < -0.39 is 11.1 Å². The van der Waals surface area contributed by atoms with Crippen LogP contribution in [0.1, 0.15) is 27.7 Å². The number of benzene rings is 2. The molecule has 112 valence electrons. The predicted octanol–water partition coefficient (Wildman–Crippen LogP) is 3.41. The van der Waals surface area contributed by atoms with Crippen molar-refractivity contribution in [2.24, 2.45) is 0 Å². The number of carbonyl (C=O) groups is 1. The minimum absolute atomic E-state index is 0.0625. The summed E-state index contributed by atoms with van der Waals surface area (Å²) in [6, 6.07) is 9.90. The Balaban J connectivity index is 2.01. The molecule has 7 heteroatoms. The Labute approximate surface area is 131 Å². The number of amides is 1. The first-order chi connectivity index (χ1) is 10.5. The molecule has 0 spiro atoms. The summed E-state index contributed by atoms with van der Waals surface area (Å²) in [6.45, 7) is 1.89. The van der Waals surface area contributed by atoms with Crippen LogP contribution in [0.25, 0.3) is 0 Å². The van der Waals surface area contributed by atoms with Gasteiger partial charge in [0.2, 0.25) is 0 Å². The van der Waals surface area contributed by atoms with Gasteiger partial charge in [0, 0.05) is 11.6 Å². The molecule has 0 unspecified atom stereocenters. The fraction of sp³-hybridized carbons (Fsp3) is 0.133. The number of nitro benzene ring substituents is 1. The van der Waals surface area contributed by atoms with E-state index in [2.05, 4.69) is 10.6 Å². The second kappa shape index (κ2) is 5.31. The van der Waals surface area contributed by atoms with Crippen molar-refractivity contribution in [2.45, 2.75) is 13.1 Å². The van der Waals surface area contributed by atoms with E-state index in [4.69, 9.17) is 11.6 Å². The number of aryl methyl sites for hydroxylation is 1. The average molecular weight is 318 g/mol. The Morgan fingerprint density at radius 3 is 2.73 bits per heavy atom. The van der Waals surface area contributed by atoms with E-state index in [1.54, 1.807) is 12.1 Å². The molecule has 0 radical (unpaired) electrons. The lowest BCUT2D eigenvalue weighted by atomic mass is 10.0. The molecule has 0 fully saturated rings. The number of nitro groups is 1. The van der Waals surface area contributed by atoms with Gasteiger partial charge in [-0.3, -0.25) is 14.9 Å². The second-order valence-corrected chi connectivity index (χ2v) is 5.42. The number of carbonyl (C=O) groups excluding carboxylic acids is 1. The van der Waals surface area contributed by atoms with Gasteiger partial charge >= 0.3 is 0 Å². The predicted molar refractivity (Wildman–Crippen MR) is 83.1 cm³/mol. The first-order valence-corrected chi connectivity index (χ1v) is 6.96. The van der Waals surface area contributed by atoms with Crippen LogP contribution in [0.2, 0.25) is 5.02 Å². The Morgan fingerprint density at radius 1 is 1.23 bits per heavy atom. The van der Waals surface area contributed by atoms with Gasteiger partial charge in [-0.15, -0.1) is 0 Å². The normalized spacial score (nSPS) is 16.5. The highest BCUT2D eigenvalue weighted by molar-refractivity contribution is 6.32. The molecule has 2 aromatic rings. The monoisotopic (exact) mass is 317 g/mol. The molecule has 1 atom stereocenters. The van der Waals surface area contributed by atoms with Crippen LogP contribution in [-0.4, -0.2) is 10.8 Å². The van der Waals surface area contributed by atoms with Crippen LogP contribution in [0.15, 0.2) is 36.4 Å². The lowest BCUT2D eigenvalue weighted by molar-refractivity contribution is -0.384. The third kappa shape index (κ3) is 2.37. The molecular weight excluding hydrogens is 306 g/mol. The summed E-state index contributed by atoms with van der Waals surface area (Å²) in [7, 11) is 0. The fourth-order valence-corrected chi connectivity index (χ4v) is 2.64. The van der Waals surface area contributed by atoms with Gasteiger partial charge in [-0.2, -0.15) is 0 Å². The molecule has 1 aliphatic rings. The van der Waals surface area contributed by atoms with Gasteiger partial charge in [-0.05, 0) is 24.6 Å². The van der Waals surface area contributed by atoms with Gasteiger partial charge in [-0.25, -0.2) is 0 Å². The van der Waals surface area contributed by atoms with Crippen molar-refractivity contribution >= 4 is 28.9 Å². The standard InChI is InChI=1S/C15H12ClN3O3/c1-8-3-2-4-10-13(8)17-14(18-15(10)20)9-5-6-11(16)12(7-9)19(21)22/h2-7,14,17H,1H3,(H,18,20)/t14-/m1/s1. The second-order valence-electron chi connectivity index (χ2n) is 5.02. The van der Waals surface area contributed by atoms with Crippen LogP contribution in [0, 0.1) is 17.0 Å². The molecule has 0 aliphatic carbocycles. The quantitative estimate of drug-likeness (QED) is 0.656. The molecule has 2 aromatic carbocycles. The van der Waals surface area contributed by atoms with Crippen molar-refractivity contribution in [3.05, 3.63) is 68.2 Å². The average Bonchev–Trinajstić information content (AvgIpc) is 2.48. The summed E-state index contributed by atoms with van der Waals surface area (Å²) >= 11 is 5.82. The van der Waals surface area contributed by atoms with Crippen LogP contribution < -0.4 is 10.6 Å². The topological polar surface area (TPSA) is 84.3 Å². The van der Waals surface area contributed by atoms with E-state index >= 15 is 0 Å². The zero-order valence-corrected chi connectivity index (χ0v) is 12.3. The van der Waals surface area contributed by atoms with Gasteiger partial charge in [-0.1, -0.05) is 29.8 Å². The molecule has 22 heavy (non-hydrogen) atoms. The van der Waals surface area contributed by atoms with Gasteiger partial charge in [0.05, 0.1) is 16.2 Å². The van der Waals surface area contributed by atoms with Gasteiger partial charge in [0.1, 0.15) is 11.2 Å². The number of fused-ring (bicyclic) bond motifs is 1. The molecule has 1 aliphatic heterocycles. The summed E-state index contributed by atoms with van der Waals surface area (Å²) < 4.78 is 0. The lowest BCUT2D eigenvalue weighted by Crippen LogP contribution is -2.38. The van der Waals surface area contributed by atoms with Crippen molar-refractivity contribution in [2.75, 3.05) is 5.32 Å². The van der Waals surface area contributed by atoms with E-state index in [0.29, 0.717) is 11.1 Å². The maximum Gasteiger partial charge on any atom is 0.288 e. The SMILES string of the molecule is Cc1cccc2c1N[C@@H](c1ccc(Cl)c([N+](=O)[O-])c1)NC2=O. The van der Waals surface area contributed by atoms with Crippen molar-refractivity contribution < 1.29 is 9.72 Å². The minimum Gasteiger partial charge on any atom is -0.361 e. The number of hydrogen-bond donors (Lipinski definition) is 2. The maximum absolute atomic E-state index is 12.2. The Kier molecular flexibility index (Phi) is 3.46. The van der Waals surface area contributed by atoms with E-state index in [1.165, 1.54) is 12.1 Å². The zero-order chi connectivity index (χ0) is 15.9. The highest BCUT2D eigenvalue weighted by Gasteiger charge is 2.27. The van der Waals surface area contributed by atoms with Crippen molar-refractivity contribution in [1.29, 1.82) is 0 Å². The first-order valence-electron chi connectivity index (χ1n) is 6.58. The Hall–Kier alpha value is -2.60. The molecule has 0 saturated heterocycles. The summed E-state index contributed by atoms with van der Waals surface area (Å²) in [5.74, 6) is -0.222. The summed E-state index contributed by atoms with van der Waals surface area (Å²) in [5, 5.41) is 17.0. The van der Waals surface area contributed by atoms with Crippen molar-refractivity contribution in [3.63, 3.8) is 0 Å². The van der Waals surface area contributed by atoms with E-state index in [9.17, 15) is 14.9 Å². The largest absolute Gasteiger partial charge is 0.361 e. The third-order valence-corrected chi connectivity index (χ3v) is 3.90. The highest BCUT2D eigenvalue weighted by Crippen LogP contribution is 2.32.